The number of amides is 2. The topological polar surface area (TPSA) is 84.4 Å². The van der Waals surface area contributed by atoms with Crippen LogP contribution in [0.4, 0.5) is 0 Å². The van der Waals surface area contributed by atoms with Gasteiger partial charge < -0.3 is 15.0 Å². The summed E-state index contributed by atoms with van der Waals surface area (Å²) in [7, 11) is 1.56. The third kappa shape index (κ3) is 5.53. The molecule has 3 rings (SSSR count). The highest BCUT2D eigenvalue weighted by Crippen LogP contribution is 2.30. The van der Waals surface area contributed by atoms with Gasteiger partial charge in [-0.05, 0) is 18.9 Å². The van der Waals surface area contributed by atoms with Gasteiger partial charge in [0, 0.05) is 55.5 Å². The molecule has 1 aliphatic rings. The van der Waals surface area contributed by atoms with E-state index in [4.69, 9.17) is 9.72 Å². The molecule has 0 unspecified atom stereocenters. The number of piperidine rings is 1. The lowest BCUT2D eigenvalue weighted by atomic mass is 9.98. The van der Waals surface area contributed by atoms with Gasteiger partial charge in [0.05, 0.1) is 23.4 Å². The summed E-state index contributed by atoms with van der Waals surface area (Å²) in [6.07, 6.45) is 4.28. The summed E-state index contributed by atoms with van der Waals surface area (Å²) in [5, 5.41) is 6.06. The number of nitrogens with zero attached hydrogens (tertiary/aromatic N) is 3. The van der Waals surface area contributed by atoms with Gasteiger partial charge >= 0.3 is 0 Å². The molecule has 0 saturated carbocycles. The Labute approximate surface area is 175 Å². The van der Waals surface area contributed by atoms with Gasteiger partial charge in [-0.1, -0.05) is 13.8 Å². The third-order valence-corrected chi connectivity index (χ3v) is 6.08. The van der Waals surface area contributed by atoms with Crippen LogP contribution in [-0.4, -0.2) is 53.4 Å². The summed E-state index contributed by atoms with van der Waals surface area (Å²) in [5.74, 6) is 0.807. The van der Waals surface area contributed by atoms with Crippen LogP contribution < -0.4 is 10.1 Å². The summed E-state index contributed by atoms with van der Waals surface area (Å²) in [6, 6.07) is 3.46. The standard InChI is InChI=1S/C21H28N4O3S/c1-14(2)19(26)22-9-8-17-13-29-20(24-17)16-5-4-10-25(12-16)21(27)15-6-7-18(28-3)23-11-15/h6-7,11,13-14,16H,4-5,8-10,12H2,1-3H3,(H,22,26)/t16-/m0/s1. The Kier molecular flexibility index (Phi) is 7.19. The Morgan fingerprint density at radius 2 is 2.21 bits per heavy atom. The summed E-state index contributed by atoms with van der Waals surface area (Å²) < 4.78 is 5.06. The molecule has 1 aliphatic heterocycles. The van der Waals surface area contributed by atoms with Gasteiger partial charge in [0.25, 0.3) is 5.91 Å². The molecule has 156 valence electrons. The number of thiazole rings is 1. The zero-order chi connectivity index (χ0) is 20.8. The maximum Gasteiger partial charge on any atom is 0.255 e. The van der Waals surface area contributed by atoms with E-state index in [-0.39, 0.29) is 23.7 Å². The lowest BCUT2D eigenvalue weighted by Gasteiger charge is -2.31. The SMILES string of the molecule is COc1ccc(C(=O)N2CCC[C@H](c3nc(CCNC(=O)C(C)C)cs3)C2)cn1. The molecule has 2 aromatic heterocycles. The Morgan fingerprint density at radius 3 is 2.90 bits per heavy atom. The number of hydrogen-bond donors (Lipinski definition) is 1. The molecule has 0 bridgehead atoms. The second kappa shape index (κ2) is 9.82. The zero-order valence-corrected chi connectivity index (χ0v) is 18.0. The van der Waals surface area contributed by atoms with Gasteiger partial charge in [0.1, 0.15) is 0 Å². The number of likely N-dealkylation sites (tertiary alicyclic amines) is 1. The average molecular weight is 417 g/mol. The Morgan fingerprint density at radius 1 is 1.38 bits per heavy atom. The number of rotatable bonds is 7. The quantitative estimate of drug-likeness (QED) is 0.750. The minimum absolute atomic E-state index is 0.00182. The van der Waals surface area contributed by atoms with Crippen molar-refractivity contribution in [3.8, 4) is 5.88 Å². The number of ether oxygens (including phenoxy) is 1. The largest absolute Gasteiger partial charge is 0.481 e. The maximum atomic E-state index is 12.8. The zero-order valence-electron chi connectivity index (χ0n) is 17.2. The molecule has 29 heavy (non-hydrogen) atoms. The molecule has 2 aromatic rings. The Bertz CT molecular complexity index is 835. The van der Waals surface area contributed by atoms with Crippen LogP contribution in [0.1, 0.15) is 53.7 Å². The molecule has 0 aliphatic carbocycles. The fourth-order valence-corrected chi connectivity index (χ4v) is 4.30. The fraction of sp³-hybridized carbons (Fsp3) is 0.524. The van der Waals surface area contributed by atoms with E-state index in [1.165, 1.54) is 0 Å². The normalized spacial score (nSPS) is 16.7. The minimum atomic E-state index is -0.00680. The molecule has 1 N–H and O–H groups in total. The Hall–Kier alpha value is -2.48. The van der Waals surface area contributed by atoms with E-state index in [1.807, 2.05) is 18.7 Å². The van der Waals surface area contributed by atoms with E-state index >= 15 is 0 Å². The number of carbonyl (C=O) groups excluding carboxylic acids is 2. The van der Waals surface area contributed by atoms with Crippen LogP contribution in [0.3, 0.4) is 0 Å². The summed E-state index contributed by atoms with van der Waals surface area (Å²) in [4.78, 5) is 35.3. The number of hydrogen-bond acceptors (Lipinski definition) is 6. The summed E-state index contributed by atoms with van der Waals surface area (Å²) >= 11 is 1.65. The molecule has 1 saturated heterocycles. The van der Waals surface area contributed by atoms with Crippen LogP contribution in [0.2, 0.25) is 0 Å². The maximum absolute atomic E-state index is 12.8. The van der Waals surface area contributed by atoms with E-state index in [9.17, 15) is 9.59 Å². The predicted octanol–water partition coefficient (Wildman–Crippen LogP) is 2.88. The molecule has 8 heteroatoms. The van der Waals surface area contributed by atoms with Crippen molar-refractivity contribution in [1.29, 1.82) is 0 Å². The summed E-state index contributed by atoms with van der Waals surface area (Å²) in [6.45, 7) is 5.78. The smallest absolute Gasteiger partial charge is 0.255 e. The lowest BCUT2D eigenvalue weighted by Crippen LogP contribution is -2.39. The van der Waals surface area contributed by atoms with Gasteiger partial charge in [0.15, 0.2) is 0 Å². The molecule has 1 atom stereocenters. The van der Waals surface area contributed by atoms with E-state index < -0.39 is 0 Å². The van der Waals surface area contributed by atoms with Crippen molar-refractivity contribution in [2.45, 2.75) is 39.0 Å². The summed E-state index contributed by atoms with van der Waals surface area (Å²) in [5.41, 5.74) is 1.57. The van der Waals surface area contributed by atoms with Crippen LogP contribution in [0, 0.1) is 5.92 Å². The van der Waals surface area contributed by atoms with Gasteiger partial charge in [-0.3, -0.25) is 9.59 Å². The number of aromatic nitrogens is 2. The number of carbonyl (C=O) groups is 2. The highest BCUT2D eigenvalue weighted by Gasteiger charge is 2.27. The molecule has 3 heterocycles. The van der Waals surface area contributed by atoms with Crippen molar-refractivity contribution >= 4 is 23.2 Å². The van der Waals surface area contributed by atoms with Crippen molar-refractivity contribution in [2.24, 2.45) is 5.92 Å². The first-order valence-electron chi connectivity index (χ1n) is 9.99. The monoisotopic (exact) mass is 416 g/mol. The van der Waals surface area contributed by atoms with E-state index in [0.29, 0.717) is 24.5 Å². The first-order chi connectivity index (χ1) is 14.0. The van der Waals surface area contributed by atoms with Crippen LogP contribution in [0.25, 0.3) is 0 Å². The minimum Gasteiger partial charge on any atom is -0.481 e. The van der Waals surface area contributed by atoms with Gasteiger partial charge in [0.2, 0.25) is 11.8 Å². The number of pyridine rings is 1. The highest BCUT2D eigenvalue weighted by molar-refractivity contribution is 7.09. The number of methoxy groups -OCH3 is 1. The van der Waals surface area contributed by atoms with Crippen LogP contribution >= 0.6 is 11.3 Å². The van der Waals surface area contributed by atoms with Gasteiger partial charge in [-0.2, -0.15) is 0 Å². The molecule has 2 amide bonds. The average Bonchev–Trinajstić information content (AvgIpc) is 3.22. The van der Waals surface area contributed by atoms with Crippen molar-refractivity contribution in [3.63, 3.8) is 0 Å². The second-order valence-electron chi connectivity index (χ2n) is 7.55. The van der Waals surface area contributed by atoms with E-state index in [2.05, 4.69) is 15.7 Å². The highest BCUT2D eigenvalue weighted by atomic mass is 32.1. The molecular weight excluding hydrogens is 388 g/mol. The molecule has 0 spiro atoms. The molecular formula is C21H28N4O3S. The molecule has 7 nitrogen and oxygen atoms in total. The predicted molar refractivity (Wildman–Crippen MR) is 112 cm³/mol. The van der Waals surface area contributed by atoms with Crippen molar-refractivity contribution in [3.05, 3.63) is 40.0 Å². The molecule has 1 fully saturated rings. The van der Waals surface area contributed by atoms with Crippen molar-refractivity contribution in [2.75, 3.05) is 26.7 Å². The number of nitrogens with one attached hydrogen (secondary N) is 1. The van der Waals surface area contributed by atoms with Crippen LogP contribution in [-0.2, 0) is 11.2 Å². The van der Waals surface area contributed by atoms with E-state index in [0.717, 1.165) is 36.5 Å². The second-order valence-corrected chi connectivity index (χ2v) is 8.44. The lowest BCUT2D eigenvalue weighted by molar-refractivity contribution is -0.123. The first-order valence-corrected chi connectivity index (χ1v) is 10.9. The molecule has 0 radical (unpaired) electrons. The van der Waals surface area contributed by atoms with Gasteiger partial charge in [-0.25, -0.2) is 9.97 Å². The van der Waals surface area contributed by atoms with Crippen LogP contribution in [0.5, 0.6) is 5.88 Å². The van der Waals surface area contributed by atoms with Crippen molar-refractivity contribution < 1.29 is 14.3 Å². The third-order valence-electron chi connectivity index (χ3n) is 5.02. The van der Waals surface area contributed by atoms with Gasteiger partial charge in [-0.15, -0.1) is 11.3 Å². The van der Waals surface area contributed by atoms with Crippen molar-refractivity contribution in [1.82, 2.24) is 20.2 Å². The van der Waals surface area contributed by atoms with Crippen LogP contribution in [0.15, 0.2) is 23.7 Å². The van der Waals surface area contributed by atoms with E-state index in [1.54, 1.807) is 36.8 Å². The fourth-order valence-electron chi connectivity index (χ4n) is 3.32. The first kappa shape index (κ1) is 21.2. The molecule has 0 aromatic carbocycles. The Balaban J connectivity index is 1.57.